The van der Waals surface area contributed by atoms with Gasteiger partial charge in [-0.2, -0.15) is 0 Å². The van der Waals surface area contributed by atoms with E-state index in [1.165, 1.54) is 114 Å². The van der Waals surface area contributed by atoms with Crippen LogP contribution in [0.2, 0.25) is 0 Å². The van der Waals surface area contributed by atoms with Crippen molar-refractivity contribution < 1.29 is 0 Å². The maximum Gasteiger partial charge on any atom is 0.0714 e. The Morgan fingerprint density at radius 1 is 0.408 bits per heavy atom. The molecule has 2 aliphatic carbocycles. The molecule has 334 valence electrons. The maximum absolute atomic E-state index is 2.67. The van der Waals surface area contributed by atoms with Gasteiger partial charge in [0, 0.05) is 31.4 Å². The van der Waals surface area contributed by atoms with Gasteiger partial charge < -0.3 is 4.90 Å². The van der Waals surface area contributed by atoms with Gasteiger partial charge >= 0.3 is 0 Å². The van der Waals surface area contributed by atoms with E-state index < -0.39 is 5.41 Å². The predicted molar refractivity (Wildman–Crippen MR) is 303 cm³/mol. The molecule has 0 fully saturated rings. The van der Waals surface area contributed by atoms with E-state index >= 15 is 0 Å². The van der Waals surface area contributed by atoms with Crippen LogP contribution in [0.5, 0.6) is 0 Å². The van der Waals surface area contributed by atoms with Crippen LogP contribution in [-0.2, 0) is 5.41 Å². The van der Waals surface area contributed by atoms with Crippen molar-refractivity contribution >= 4 is 70.0 Å². The molecule has 1 heterocycles. The number of thiophene rings is 1. The molecular weight excluding hydrogens is 875 g/mol. The first kappa shape index (κ1) is 41.4. The van der Waals surface area contributed by atoms with E-state index in [0.29, 0.717) is 0 Å². The van der Waals surface area contributed by atoms with Crippen molar-refractivity contribution in [2.75, 3.05) is 4.90 Å². The summed E-state index contributed by atoms with van der Waals surface area (Å²) < 4.78 is 2.65. The van der Waals surface area contributed by atoms with Crippen LogP contribution in [0.15, 0.2) is 267 Å². The highest BCUT2D eigenvalue weighted by molar-refractivity contribution is 7.26. The molecule has 12 aromatic rings. The Kier molecular flexibility index (Phi) is 9.82. The van der Waals surface area contributed by atoms with E-state index in [1.54, 1.807) is 0 Å². The molecule has 0 amide bonds. The molecule has 1 aromatic heterocycles. The lowest BCUT2D eigenvalue weighted by molar-refractivity contribution is 0.761. The molecule has 1 nitrogen and oxygen atoms in total. The van der Waals surface area contributed by atoms with Crippen LogP contribution in [0.4, 0.5) is 11.4 Å². The van der Waals surface area contributed by atoms with E-state index in [-0.39, 0.29) is 6.04 Å². The minimum Gasteiger partial charge on any atom is -0.334 e. The molecule has 0 spiro atoms. The molecule has 0 N–H and O–H groups in total. The van der Waals surface area contributed by atoms with Crippen molar-refractivity contribution in [2.24, 2.45) is 0 Å². The lowest BCUT2D eigenvalue weighted by atomic mass is 9.67. The third kappa shape index (κ3) is 6.59. The minimum absolute atomic E-state index is 0.0321. The summed E-state index contributed by atoms with van der Waals surface area (Å²) in [6.07, 6.45) is 8.15. The predicted octanol–water partition coefficient (Wildman–Crippen LogP) is 18.6. The van der Waals surface area contributed by atoms with Gasteiger partial charge in [-0.1, -0.05) is 237 Å². The largest absolute Gasteiger partial charge is 0.334 e. The average molecular weight is 922 g/mol. The summed E-state index contributed by atoms with van der Waals surface area (Å²) in [4.78, 5) is 2.67. The quantitative estimate of drug-likeness (QED) is 0.137. The number of hydrogen-bond acceptors (Lipinski definition) is 2. The summed E-state index contributed by atoms with van der Waals surface area (Å²) >= 11 is 1.90. The summed E-state index contributed by atoms with van der Waals surface area (Å²) in [7, 11) is 0. The van der Waals surface area contributed by atoms with Crippen LogP contribution in [0.1, 0.15) is 34.2 Å². The third-order valence-electron chi connectivity index (χ3n) is 15.2. The molecule has 14 rings (SSSR count). The SMILES string of the molecule is C1=CC(c2cccc3c2sc2ccccc23)=CC(N(c2ccc3c(c2)C(c2ccccc2)(c2ccccc2)c2ccccc2-3)c2cc(-c3cc4ccccc4c4ccccc34)ccc2-c2ccccc2)C1. The zero-order valence-electron chi connectivity index (χ0n) is 39.0. The van der Waals surface area contributed by atoms with Gasteiger partial charge in [0.25, 0.3) is 0 Å². The fraction of sp³-hybridized carbons (Fsp3) is 0.0435. The fourth-order valence-electron chi connectivity index (χ4n) is 12.1. The standard InChI is InChI=1S/C69H47NS/c1-4-20-46(21-5-1)55-40-38-49(63-43-48-22-10-11-29-54(48)57-30-12-13-31-58(57)63)44-66(55)70(52-28-18-23-47(42-52)56-34-19-35-62-61-33-15-17-37-67(61)71-68(56)62)53-39-41-60-59-32-14-16-36-64(59)69(65(60)45-53,50-24-6-2-7-25-50)51-26-8-3-9-27-51/h1-27,29-45,52H,28H2. The first-order chi connectivity index (χ1) is 35.2. The van der Waals surface area contributed by atoms with Crippen LogP contribution < -0.4 is 4.90 Å². The van der Waals surface area contributed by atoms with Gasteiger partial charge in [-0.25, -0.2) is 0 Å². The number of benzene rings is 11. The minimum atomic E-state index is -0.547. The van der Waals surface area contributed by atoms with Gasteiger partial charge in [0.2, 0.25) is 0 Å². The summed E-state index contributed by atoms with van der Waals surface area (Å²) in [5.41, 5.74) is 16.8. The molecule has 2 aliphatic rings. The number of fused-ring (bicyclic) bond motifs is 9. The van der Waals surface area contributed by atoms with Gasteiger partial charge in [0.1, 0.15) is 0 Å². The highest BCUT2D eigenvalue weighted by Crippen LogP contribution is 2.57. The third-order valence-corrected chi connectivity index (χ3v) is 16.5. The molecule has 0 bridgehead atoms. The fourth-order valence-corrected chi connectivity index (χ4v) is 13.4. The summed E-state index contributed by atoms with van der Waals surface area (Å²) in [5, 5.41) is 7.66. The zero-order chi connectivity index (χ0) is 46.9. The topological polar surface area (TPSA) is 3.24 Å². The Balaban J connectivity index is 1.05. The first-order valence-electron chi connectivity index (χ1n) is 24.8. The Labute approximate surface area is 418 Å². The van der Waals surface area contributed by atoms with E-state index in [4.69, 9.17) is 0 Å². The molecule has 0 saturated carbocycles. The van der Waals surface area contributed by atoms with Crippen molar-refractivity contribution in [3.63, 3.8) is 0 Å². The van der Waals surface area contributed by atoms with Crippen molar-refractivity contribution in [3.05, 3.63) is 295 Å². The van der Waals surface area contributed by atoms with Crippen molar-refractivity contribution in [2.45, 2.75) is 17.9 Å². The second kappa shape index (κ2) is 16.8. The molecule has 0 radical (unpaired) electrons. The van der Waals surface area contributed by atoms with Crippen molar-refractivity contribution in [3.8, 4) is 33.4 Å². The van der Waals surface area contributed by atoms with Crippen LogP contribution in [-0.4, -0.2) is 6.04 Å². The Morgan fingerprint density at radius 3 is 1.83 bits per heavy atom. The molecule has 0 saturated heterocycles. The van der Waals surface area contributed by atoms with Crippen molar-refractivity contribution in [1.29, 1.82) is 0 Å². The number of hydrogen-bond donors (Lipinski definition) is 0. The van der Waals surface area contributed by atoms with Gasteiger partial charge in [0.05, 0.1) is 17.1 Å². The Morgan fingerprint density at radius 2 is 1.03 bits per heavy atom. The maximum atomic E-state index is 2.67. The average Bonchev–Trinajstić information content (AvgIpc) is 3.98. The second-order valence-electron chi connectivity index (χ2n) is 19.0. The van der Waals surface area contributed by atoms with Gasteiger partial charge in [-0.15, -0.1) is 11.3 Å². The van der Waals surface area contributed by atoms with E-state index in [1.807, 2.05) is 11.3 Å². The Hall–Kier alpha value is -8.56. The number of anilines is 2. The van der Waals surface area contributed by atoms with Crippen LogP contribution in [0, 0.1) is 0 Å². The molecule has 71 heavy (non-hydrogen) atoms. The van der Waals surface area contributed by atoms with Crippen LogP contribution >= 0.6 is 11.3 Å². The molecule has 2 heteroatoms. The summed E-state index contributed by atoms with van der Waals surface area (Å²) in [5.74, 6) is 0. The monoisotopic (exact) mass is 921 g/mol. The van der Waals surface area contributed by atoms with Gasteiger partial charge in [0.15, 0.2) is 0 Å². The number of rotatable bonds is 8. The highest BCUT2D eigenvalue weighted by atomic mass is 32.1. The van der Waals surface area contributed by atoms with E-state index in [9.17, 15) is 0 Å². The summed E-state index contributed by atoms with van der Waals surface area (Å²) in [6.45, 7) is 0. The second-order valence-corrected chi connectivity index (χ2v) is 20.1. The normalized spacial score (nSPS) is 14.7. The molecule has 1 atom stereocenters. The van der Waals surface area contributed by atoms with E-state index in [0.717, 1.165) is 12.1 Å². The summed E-state index contributed by atoms with van der Waals surface area (Å²) in [6, 6.07) is 92.8. The Bertz CT molecular complexity index is 4050. The lowest BCUT2D eigenvalue weighted by Crippen LogP contribution is -2.32. The molecule has 0 aliphatic heterocycles. The number of nitrogens with zero attached hydrogens (tertiary/aromatic N) is 1. The van der Waals surface area contributed by atoms with Gasteiger partial charge in [-0.05, 0) is 120 Å². The zero-order valence-corrected chi connectivity index (χ0v) is 39.9. The van der Waals surface area contributed by atoms with E-state index in [2.05, 4.69) is 272 Å². The lowest BCUT2D eigenvalue weighted by Gasteiger charge is -2.37. The highest BCUT2D eigenvalue weighted by Gasteiger charge is 2.46. The number of allylic oxidation sites excluding steroid dienone is 2. The van der Waals surface area contributed by atoms with Crippen molar-refractivity contribution in [1.82, 2.24) is 0 Å². The molecule has 1 unspecified atom stereocenters. The van der Waals surface area contributed by atoms with Crippen LogP contribution in [0.3, 0.4) is 0 Å². The first-order valence-corrected chi connectivity index (χ1v) is 25.6. The van der Waals surface area contributed by atoms with Gasteiger partial charge in [-0.3, -0.25) is 0 Å². The smallest absolute Gasteiger partial charge is 0.0714 e. The molecule has 11 aromatic carbocycles. The van der Waals surface area contributed by atoms with Crippen LogP contribution in [0.25, 0.3) is 80.7 Å². The molecular formula is C69H47NS.